The number of nitrogens with one attached hydrogen (secondary N) is 1. The fourth-order valence-corrected chi connectivity index (χ4v) is 2.76. The molecule has 0 atom stereocenters. The molecule has 1 fully saturated rings. The predicted octanol–water partition coefficient (Wildman–Crippen LogP) is 1.59. The van der Waals surface area contributed by atoms with Crippen LogP contribution in [-0.4, -0.2) is 75.3 Å². The number of piperazine rings is 1. The van der Waals surface area contributed by atoms with E-state index in [9.17, 15) is 4.79 Å². The number of carbonyl (C=O) groups is 1. The van der Waals surface area contributed by atoms with Gasteiger partial charge in [0.25, 0.3) is 0 Å². The average Bonchev–Trinajstić information content (AvgIpc) is 2.66. The Kier molecular flexibility index (Phi) is 7.37. The first-order valence-electron chi connectivity index (χ1n) is 8.68. The number of methoxy groups -OCH3 is 1. The topological polar surface area (TPSA) is 66.4 Å². The highest BCUT2D eigenvalue weighted by molar-refractivity contribution is 5.80. The Hall–Kier alpha value is -2.44. The molecule has 1 amide bonds. The molecule has 1 aliphatic heterocycles. The molecule has 0 radical (unpaired) electrons. The lowest BCUT2D eigenvalue weighted by molar-refractivity contribution is 0.0915. The van der Waals surface area contributed by atoms with Crippen LogP contribution in [0.5, 0.6) is 5.75 Å². The Bertz CT molecular complexity index is 566. The Morgan fingerprint density at radius 3 is 2.36 bits per heavy atom. The van der Waals surface area contributed by atoms with Crippen LogP contribution in [0.15, 0.2) is 29.3 Å². The first-order chi connectivity index (χ1) is 12.2. The van der Waals surface area contributed by atoms with Gasteiger partial charge in [0.05, 0.1) is 13.7 Å². The van der Waals surface area contributed by atoms with Crippen molar-refractivity contribution >= 4 is 12.1 Å². The molecule has 25 heavy (non-hydrogen) atoms. The zero-order chi connectivity index (χ0) is 18.1. The SMILES string of the molecule is CCOC(=O)N1CCN(C(=NC)NCCc2ccc(OC)cc2)CC1. The van der Waals surface area contributed by atoms with Crippen molar-refractivity contribution in [1.82, 2.24) is 15.1 Å². The summed E-state index contributed by atoms with van der Waals surface area (Å²) in [6.45, 7) is 5.84. The van der Waals surface area contributed by atoms with E-state index in [1.54, 1.807) is 19.1 Å². The number of hydrogen-bond acceptors (Lipinski definition) is 4. The summed E-state index contributed by atoms with van der Waals surface area (Å²) in [6.07, 6.45) is 0.677. The molecule has 2 rings (SSSR count). The summed E-state index contributed by atoms with van der Waals surface area (Å²) in [7, 11) is 3.45. The third kappa shape index (κ3) is 5.55. The molecule has 1 N–H and O–H groups in total. The van der Waals surface area contributed by atoms with E-state index in [2.05, 4.69) is 27.3 Å². The van der Waals surface area contributed by atoms with Crippen molar-refractivity contribution in [3.05, 3.63) is 29.8 Å². The summed E-state index contributed by atoms with van der Waals surface area (Å²) in [5.74, 6) is 1.74. The molecule has 1 aromatic carbocycles. The van der Waals surface area contributed by atoms with Crippen molar-refractivity contribution in [2.75, 3.05) is 53.5 Å². The molecule has 1 heterocycles. The number of ether oxygens (including phenoxy) is 2. The number of guanidine groups is 1. The highest BCUT2D eigenvalue weighted by Gasteiger charge is 2.23. The van der Waals surface area contributed by atoms with Gasteiger partial charge in [-0.2, -0.15) is 0 Å². The average molecular weight is 348 g/mol. The zero-order valence-electron chi connectivity index (χ0n) is 15.3. The summed E-state index contributed by atoms with van der Waals surface area (Å²) in [4.78, 5) is 20.0. The second-order valence-electron chi connectivity index (χ2n) is 5.75. The second-order valence-corrected chi connectivity index (χ2v) is 5.75. The summed E-state index contributed by atoms with van der Waals surface area (Å²) in [5.41, 5.74) is 1.25. The molecule has 0 bridgehead atoms. The Morgan fingerprint density at radius 2 is 1.80 bits per heavy atom. The molecule has 0 aliphatic carbocycles. The zero-order valence-corrected chi connectivity index (χ0v) is 15.3. The Morgan fingerprint density at radius 1 is 1.16 bits per heavy atom. The van der Waals surface area contributed by atoms with Gasteiger partial charge < -0.3 is 24.6 Å². The fourth-order valence-electron chi connectivity index (χ4n) is 2.76. The largest absolute Gasteiger partial charge is 0.497 e. The molecular weight excluding hydrogens is 320 g/mol. The smallest absolute Gasteiger partial charge is 0.409 e. The standard InChI is InChI=1S/C18H28N4O3/c1-4-25-18(23)22-13-11-21(12-14-22)17(19-2)20-10-9-15-5-7-16(24-3)8-6-15/h5-8H,4,9-14H2,1-3H3,(H,19,20). The maximum atomic E-state index is 11.7. The van der Waals surface area contributed by atoms with E-state index in [0.717, 1.165) is 37.8 Å². The molecule has 7 nitrogen and oxygen atoms in total. The van der Waals surface area contributed by atoms with Crippen molar-refractivity contribution in [2.45, 2.75) is 13.3 Å². The van der Waals surface area contributed by atoms with Crippen molar-refractivity contribution in [1.29, 1.82) is 0 Å². The van der Waals surface area contributed by atoms with Gasteiger partial charge in [-0.05, 0) is 31.0 Å². The van der Waals surface area contributed by atoms with E-state index >= 15 is 0 Å². The third-order valence-electron chi connectivity index (χ3n) is 4.17. The maximum absolute atomic E-state index is 11.7. The molecule has 1 aromatic rings. The van der Waals surface area contributed by atoms with Crippen LogP contribution < -0.4 is 10.1 Å². The molecular formula is C18H28N4O3. The molecule has 0 spiro atoms. The minimum Gasteiger partial charge on any atom is -0.497 e. The minimum atomic E-state index is -0.232. The highest BCUT2D eigenvalue weighted by Crippen LogP contribution is 2.11. The van der Waals surface area contributed by atoms with Gasteiger partial charge in [-0.15, -0.1) is 0 Å². The number of aliphatic imine (C=N–C) groups is 1. The van der Waals surface area contributed by atoms with E-state index in [4.69, 9.17) is 9.47 Å². The first-order valence-corrected chi connectivity index (χ1v) is 8.68. The lowest BCUT2D eigenvalue weighted by Gasteiger charge is -2.35. The number of rotatable bonds is 5. The van der Waals surface area contributed by atoms with Gasteiger partial charge in [0.2, 0.25) is 0 Å². The molecule has 0 saturated carbocycles. The minimum absolute atomic E-state index is 0.232. The van der Waals surface area contributed by atoms with Gasteiger partial charge in [-0.25, -0.2) is 4.79 Å². The summed E-state index contributed by atoms with van der Waals surface area (Å²) >= 11 is 0. The van der Waals surface area contributed by atoms with Crippen LogP contribution in [0.25, 0.3) is 0 Å². The molecule has 138 valence electrons. The lowest BCUT2D eigenvalue weighted by atomic mass is 10.1. The maximum Gasteiger partial charge on any atom is 0.409 e. The van der Waals surface area contributed by atoms with Crippen molar-refractivity contribution in [3.8, 4) is 5.75 Å². The van der Waals surface area contributed by atoms with Crippen molar-refractivity contribution in [2.24, 2.45) is 4.99 Å². The first kappa shape index (κ1) is 18.9. The lowest BCUT2D eigenvalue weighted by Crippen LogP contribution is -2.54. The molecule has 7 heteroatoms. The number of hydrogen-bond donors (Lipinski definition) is 1. The van der Waals surface area contributed by atoms with E-state index < -0.39 is 0 Å². The van der Waals surface area contributed by atoms with Crippen LogP contribution in [0, 0.1) is 0 Å². The molecule has 1 saturated heterocycles. The van der Waals surface area contributed by atoms with Gasteiger partial charge in [-0.3, -0.25) is 4.99 Å². The predicted molar refractivity (Wildman–Crippen MR) is 98.2 cm³/mol. The van der Waals surface area contributed by atoms with Gasteiger partial charge in [0.1, 0.15) is 5.75 Å². The Balaban J connectivity index is 1.76. The summed E-state index contributed by atoms with van der Waals surface area (Å²) in [5, 5.41) is 3.40. The highest BCUT2D eigenvalue weighted by atomic mass is 16.6. The van der Waals surface area contributed by atoms with Crippen LogP contribution in [0.1, 0.15) is 12.5 Å². The third-order valence-corrected chi connectivity index (χ3v) is 4.17. The van der Waals surface area contributed by atoms with Crippen LogP contribution >= 0.6 is 0 Å². The summed E-state index contributed by atoms with van der Waals surface area (Å²) < 4.78 is 10.2. The van der Waals surface area contributed by atoms with Crippen LogP contribution in [-0.2, 0) is 11.2 Å². The summed E-state index contributed by atoms with van der Waals surface area (Å²) in [6, 6.07) is 8.08. The van der Waals surface area contributed by atoms with E-state index in [1.165, 1.54) is 5.56 Å². The van der Waals surface area contributed by atoms with Gasteiger partial charge >= 0.3 is 6.09 Å². The molecule has 0 aromatic heterocycles. The van der Waals surface area contributed by atoms with Crippen LogP contribution in [0.3, 0.4) is 0 Å². The number of carbonyl (C=O) groups excluding carboxylic acids is 1. The van der Waals surface area contributed by atoms with Crippen LogP contribution in [0.2, 0.25) is 0 Å². The molecule has 0 unspecified atom stereocenters. The fraction of sp³-hybridized carbons (Fsp3) is 0.556. The molecule has 1 aliphatic rings. The van der Waals surface area contributed by atoms with Gasteiger partial charge in [0.15, 0.2) is 5.96 Å². The number of amides is 1. The van der Waals surface area contributed by atoms with E-state index in [1.807, 2.05) is 19.1 Å². The normalized spacial score (nSPS) is 15.1. The Labute approximate surface area is 149 Å². The second kappa shape index (κ2) is 9.76. The number of benzene rings is 1. The van der Waals surface area contributed by atoms with Gasteiger partial charge in [-0.1, -0.05) is 12.1 Å². The van der Waals surface area contributed by atoms with Crippen molar-refractivity contribution in [3.63, 3.8) is 0 Å². The van der Waals surface area contributed by atoms with Gasteiger partial charge in [0, 0.05) is 39.8 Å². The van der Waals surface area contributed by atoms with Crippen molar-refractivity contribution < 1.29 is 14.3 Å². The quantitative estimate of drug-likeness (QED) is 0.647. The number of nitrogens with zero attached hydrogens (tertiary/aromatic N) is 3. The van der Waals surface area contributed by atoms with E-state index in [0.29, 0.717) is 19.7 Å². The van der Waals surface area contributed by atoms with E-state index in [-0.39, 0.29) is 6.09 Å². The monoisotopic (exact) mass is 348 g/mol. The van der Waals surface area contributed by atoms with Crippen LogP contribution in [0.4, 0.5) is 4.79 Å².